The Morgan fingerprint density at radius 3 is 2.87 bits per heavy atom. The molecular formula is C19H17NO2S. The van der Waals surface area contributed by atoms with Crippen molar-refractivity contribution in [3.63, 3.8) is 0 Å². The molecule has 4 heteroatoms. The van der Waals surface area contributed by atoms with Crippen molar-refractivity contribution in [3.05, 3.63) is 81.4 Å². The summed E-state index contributed by atoms with van der Waals surface area (Å²) in [5, 5.41) is 5.18. The zero-order chi connectivity index (χ0) is 15.6. The first-order valence-electron chi connectivity index (χ1n) is 7.79. The van der Waals surface area contributed by atoms with E-state index in [-0.39, 0.29) is 11.9 Å². The number of carbonyl (C=O) groups excluding carboxylic acids is 1. The molecule has 0 aliphatic heterocycles. The van der Waals surface area contributed by atoms with Gasteiger partial charge in [0, 0.05) is 4.88 Å². The van der Waals surface area contributed by atoms with Crippen LogP contribution in [0.3, 0.4) is 0 Å². The molecule has 0 radical (unpaired) electrons. The Kier molecular flexibility index (Phi) is 3.75. The highest BCUT2D eigenvalue weighted by molar-refractivity contribution is 7.10. The second-order valence-corrected chi connectivity index (χ2v) is 6.79. The number of benzene rings is 1. The van der Waals surface area contributed by atoms with E-state index < -0.39 is 0 Å². The van der Waals surface area contributed by atoms with Crippen LogP contribution in [0.5, 0.6) is 0 Å². The molecule has 1 aromatic carbocycles. The fraction of sp³-hybridized carbons (Fsp3) is 0.211. The summed E-state index contributed by atoms with van der Waals surface area (Å²) < 4.78 is 5.02. The van der Waals surface area contributed by atoms with Crippen LogP contribution in [0.4, 0.5) is 0 Å². The van der Waals surface area contributed by atoms with E-state index >= 15 is 0 Å². The highest BCUT2D eigenvalue weighted by Crippen LogP contribution is 2.30. The minimum Gasteiger partial charge on any atom is -0.472 e. The molecule has 2 aromatic heterocycles. The monoisotopic (exact) mass is 323 g/mol. The van der Waals surface area contributed by atoms with E-state index in [2.05, 4.69) is 29.6 Å². The molecule has 0 bridgehead atoms. The van der Waals surface area contributed by atoms with Gasteiger partial charge in [-0.25, -0.2) is 0 Å². The summed E-state index contributed by atoms with van der Waals surface area (Å²) in [7, 11) is 0. The summed E-state index contributed by atoms with van der Waals surface area (Å²) in [5.74, 6) is -0.113. The number of fused-ring (bicyclic) bond motifs is 1. The number of thiophene rings is 1. The Morgan fingerprint density at radius 1 is 1.17 bits per heavy atom. The highest BCUT2D eigenvalue weighted by Gasteiger charge is 2.21. The van der Waals surface area contributed by atoms with Crippen LogP contribution in [-0.2, 0) is 12.8 Å². The summed E-state index contributed by atoms with van der Waals surface area (Å²) in [6, 6.07) is 12.3. The normalized spacial score (nSPS) is 14.4. The van der Waals surface area contributed by atoms with Gasteiger partial charge in [-0.3, -0.25) is 4.79 Å². The number of nitrogens with one attached hydrogen (secondary N) is 1. The average molecular weight is 323 g/mol. The second-order valence-electron chi connectivity index (χ2n) is 5.82. The zero-order valence-electron chi connectivity index (χ0n) is 12.6. The first kappa shape index (κ1) is 14.3. The molecule has 1 N–H and O–H groups in total. The molecule has 0 spiro atoms. The molecular weight excluding hydrogens is 306 g/mol. The lowest BCUT2D eigenvalue weighted by atomic mass is 9.99. The van der Waals surface area contributed by atoms with Crippen LogP contribution in [0.15, 0.2) is 58.7 Å². The molecule has 3 nitrogen and oxygen atoms in total. The fourth-order valence-corrected chi connectivity index (χ4v) is 3.96. The summed E-state index contributed by atoms with van der Waals surface area (Å²) >= 11 is 1.66. The van der Waals surface area contributed by atoms with Crippen molar-refractivity contribution in [2.75, 3.05) is 0 Å². The van der Waals surface area contributed by atoms with E-state index in [9.17, 15) is 4.79 Å². The quantitative estimate of drug-likeness (QED) is 0.775. The number of hydrogen-bond donors (Lipinski definition) is 1. The maximum atomic E-state index is 12.5. The molecule has 1 atom stereocenters. The Labute approximate surface area is 139 Å². The number of rotatable bonds is 4. The predicted molar refractivity (Wildman–Crippen MR) is 90.8 cm³/mol. The van der Waals surface area contributed by atoms with Crippen molar-refractivity contribution in [3.8, 4) is 0 Å². The van der Waals surface area contributed by atoms with Crippen LogP contribution in [0.25, 0.3) is 0 Å². The first-order chi connectivity index (χ1) is 11.3. The third-order valence-electron chi connectivity index (χ3n) is 4.34. The molecule has 0 saturated carbocycles. The van der Waals surface area contributed by atoms with Crippen LogP contribution in [0, 0.1) is 0 Å². The van der Waals surface area contributed by atoms with Crippen molar-refractivity contribution in [1.82, 2.24) is 5.32 Å². The van der Waals surface area contributed by atoms with E-state index in [1.807, 2.05) is 11.4 Å². The molecule has 23 heavy (non-hydrogen) atoms. The lowest BCUT2D eigenvalue weighted by Gasteiger charge is -2.19. The number of furan rings is 1. The Hall–Kier alpha value is -2.33. The SMILES string of the molecule is O=C(N[C@H](c1ccc2c(c1)CCC2)c1cccs1)c1ccoc1. The van der Waals surface area contributed by atoms with Gasteiger partial charge in [-0.1, -0.05) is 24.3 Å². The van der Waals surface area contributed by atoms with Crippen LogP contribution >= 0.6 is 11.3 Å². The summed E-state index contributed by atoms with van der Waals surface area (Å²) in [6.07, 6.45) is 6.52. The number of carbonyl (C=O) groups is 1. The highest BCUT2D eigenvalue weighted by atomic mass is 32.1. The van der Waals surface area contributed by atoms with Gasteiger partial charge >= 0.3 is 0 Å². The topological polar surface area (TPSA) is 42.2 Å². The lowest BCUT2D eigenvalue weighted by Crippen LogP contribution is -2.28. The smallest absolute Gasteiger partial charge is 0.255 e. The Bertz CT molecular complexity index is 806. The van der Waals surface area contributed by atoms with Crippen molar-refractivity contribution < 1.29 is 9.21 Å². The van der Waals surface area contributed by atoms with Crippen LogP contribution in [0.2, 0.25) is 0 Å². The van der Waals surface area contributed by atoms with Gasteiger partial charge in [-0.05, 0) is 53.5 Å². The van der Waals surface area contributed by atoms with Crippen molar-refractivity contribution in [1.29, 1.82) is 0 Å². The Morgan fingerprint density at radius 2 is 2.09 bits per heavy atom. The minimum atomic E-state index is -0.122. The first-order valence-corrected chi connectivity index (χ1v) is 8.67. The molecule has 0 fully saturated rings. The van der Waals surface area contributed by atoms with E-state index in [0.717, 1.165) is 16.9 Å². The lowest BCUT2D eigenvalue weighted by molar-refractivity contribution is 0.0943. The van der Waals surface area contributed by atoms with Gasteiger partial charge in [0.15, 0.2) is 0 Å². The van der Waals surface area contributed by atoms with Gasteiger partial charge in [-0.15, -0.1) is 11.3 Å². The molecule has 0 saturated heterocycles. The molecule has 2 heterocycles. The fourth-order valence-electron chi connectivity index (χ4n) is 3.15. The number of amides is 1. The van der Waals surface area contributed by atoms with E-state index in [4.69, 9.17) is 4.42 Å². The van der Waals surface area contributed by atoms with Gasteiger partial charge in [0.05, 0.1) is 17.9 Å². The van der Waals surface area contributed by atoms with Crippen molar-refractivity contribution >= 4 is 17.2 Å². The van der Waals surface area contributed by atoms with Crippen LogP contribution in [-0.4, -0.2) is 5.91 Å². The number of hydrogen-bond acceptors (Lipinski definition) is 3. The zero-order valence-corrected chi connectivity index (χ0v) is 13.4. The second kappa shape index (κ2) is 6.05. The third-order valence-corrected chi connectivity index (χ3v) is 5.28. The van der Waals surface area contributed by atoms with Gasteiger partial charge < -0.3 is 9.73 Å². The van der Waals surface area contributed by atoms with E-state index in [0.29, 0.717) is 5.56 Å². The van der Waals surface area contributed by atoms with Crippen molar-refractivity contribution in [2.24, 2.45) is 0 Å². The maximum Gasteiger partial charge on any atom is 0.255 e. The largest absolute Gasteiger partial charge is 0.472 e. The third kappa shape index (κ3) is 2.82. The molecule has 0 unspecified atom stereocenters. The van der Waals surface area contributed by atoms with Crippen LogP contribution in [0.1, 0.15) is 44.4 Å². The molecule has 1 amide bonds. The van der Waals surface area contributed by atoms with E-state index in [1.165, 1.54) is 36.5 Å². The number of aryl methyl sites for hydroxylation is 2. The maximum absolute atomic E-state index is 12.5. The molecule has 1 aliphatic carbocycles. The molecule has 1 aliphatic rings. The standard InChI is InChI=1S/C19H17NO2S/c21-19(16-8-9-22-12-16)20-18(17-5-2-10-23-17)15-7-6-13-3-1-4-14(13)11-15/h2,5-12,18H,1,3-4H2,(H,20,21)/t18-/m1/s1. The molecule has 4 rings (SSSR count). The molecule has 3 aromatic rings. The summed E-state index contributed by atoms with van der Waals surface area (Å²) in [4.78, 5) is 13.6. The minimum absolute atomic E-state index is 0.113. The van der Waals surface area contributed by atoms with Gasteiger partial charge in [-0.2, -0.15) is 0 Å². The molecule has 116 valence electrons. The van der Waals surface area contributed by atoms with Gasteiger partial charge in [0.2, 0.25) is 0 Å². The van der Waals surface area contributed by atoms with Gasteiger partial charge in [0.1, 0.15) is 6.26 Å². The van der Waals surface area contributed by atoms with Crippen molar-refractivity contribution in [2.45, 2.75) is 25.3 Å². The Balaban J connectivity index is 1.67. The summed E-state index contributed by atoms with van der Waals surface area (Å²) in [5.41, 5.74) is 4.55. The van der Waals surface area contributed by atoms with E-state index in [1.54, 1.807) is 17.4 Å². The summed E-state index contributed by atoms with van der Waals surface area (Å²) in [6.45, 7) is 0. The predicted octanol–water partition coefficient (Wildman–Crippen LogP) is 4.35. The van der Waals surface area contributed by atoms with Crippen LogP contribution < -0.4 is 5.32 Å². The average Bonchev–Trinajstić information content (AvgIpc) is 3.34. The van der Waals surface area contributed by atoms with Gasteiger partial charge in [0.25, 0.3) is 5.91 Å².